The van der Waals surface area contributed by atoms with E-state index in [1.54, 1.807) is 25.6 Å². The van der Waals surface area contributed by atoms with Gasteiger partial charge in [0, 0.05) is 23.9 Å². The van der Waals surface area contributed by atoms with Gasteiger partial charge in [0.2, 0.25) is 5.88 Å². The van der Waals surface area contributed by atoms with Crippen molar-refractivity contribution in [3.8, 4) is 5.88 Å². The highest BCUT2D eigenvalue weighted by Gasteiger charge is 2.17. The predicted molar refractivity (Wildman–Crippen MR) is 79.6 cm³/mol. The molecule has 21 heavy (non-hydrogen) atoms. The first-order valence-corrected chi connectivity index (χ1v) is 7.08. The Hall–Kier alpha value is -2.37. The van der Waals surface area contributed by atoms with Gasteiger partial charge in [-0.15, -0.1) is 0 Å². The van der Waals surface area contributed by atoms with E-state index in [1.807, 2.05) is 12.1 Å². The second-order valence-corrected chi connectivity index (χ2v) is 5.18. The number of nitrogens with zero attached hydrogens (tertiary/aromatic N) is 3. The largest absolute Gasteiger partial charge is 0.481 e. The van der Waals surface area contributed by atoms with Crippen LogP contribution in [-0.4, -0.2) is 27.9 Å². The van der Waals surface area contributed by atoms with Crippen LogP contribution in [0.2, 0.25) is 0 Å². The Morgan fingerprint density at radius 2 is 2.33 bits per heavy atom. The molecule has 1 aliphatic carbocycles. The van der Waals surface area contributed by atoms with Gasteiger partial charge in [-0.2, -0.15) is 5.10 Å². The number of rotatable bonds is 5. The van der Waals surface area contributed by atoms with E-state index in [0.29, 0.717) is 18.5 Å². The maximum absolute atomic E-state index is 12.1. The van der Waals surface area contributed by atoms with Crippen LogP contribution in [0.25, 0.3) is 0 Å². The average molecular weight is 286 g/mol. The zero-order valence-electron chi connectivity index (χ0n) is 12.0. The first-order chi connectivity index (χ1) is 10.3. The SMILES string of the molecule is COc1ncccc1Cn1ncc(NC2CCC2)cc1=O. The first-order valence-electron chi connectivity index (χ1n) is 7.08. The van der Waals surface area contributed by atoms with Crippen molar-refractivity contribution < 1.29 is 4.74 Å². The van der Waals surface area contributed by atoms with Crippen LogP contribution < -0.4 is 15.6 Å². The summed E-state index contributed by atoms with van der Waals surface area (Å²) >= 11 is 0. The molecule has 6 nitrogen and oxygen atoms in total. The Morgan fingerprint density at radius 1 is 1.48 bits per heavy atom. The Balaban J connectivity index is 1.77. The van der Waals surface area contributed by atoms with Crippen LogP contribution in [0.3, 0.4) is 0 Å². The van der Waals surface area contributed by atoms with Gasteiger partial charge in [-0.05, 0) is 25.3 Å². The molecule has 0 atom stereocenters. The molecule has 1 fully saturated rings. The van der Waals surface area contributed by atoms with Gasteiger partial charge < -0.3 is 10.1 Å². The summed E-state index contributed by atoms with van der Waals surface area (Å²) in [5.41, 5.74) is 1.48. The lowest BCUT2D eigenvalue weighted by Crippen LogP contribution is -2.29. The molecule has 0 bridgehead atoms. The zero-order valence-corrected chi connectivity index (χ0v) is 12.0. The van der Waals surface area contributed by atoms with Gasteiger partial charge in [-0.1, -0.05) is 6.07 Å². The van der Waals surface area contributed by atoms with Crippen LogP contribution in [-0.2, 0) is 6.54 Å². The summed E-state index contributed by atoms with van der Waals surface area (Å²) in [6, 6.07) is 5.77. The predicted octanol–water partition coefficient (Wildman–Crippen LogP) is 1.66. The number of hydrogen-bond donors (Lipinski definition) is 1. The maximum Gasteiger partial charge on any atom is 0.269 e. The lowest BCUT2D eigenvalue weighted by Gasteiger charge is -2.27. The summed E-state index contributed by atoms with van der Waals surface area (Å²) in [5.74, 6) is 0.517. The normalized spacial score (nSPS) is 14.5. The third kappa shape index (κ3) is 3.04. The minimum absolute atomic E-state index is 0.134. The number of methoxy groups -OCH3 is 1. The topological polar surface area (TPSA) is 69.0 Å². The summed E-state index contributed by atoms with van der Waals surface area (Å²) in [6.45, 7) is 0.347. The molecule has 2 heterocycles. The highest BCUT2D eigenvalue weighted by Crippen LogP contribution is 2.22. The molecule has 0 saturated heterocycles. The van der Waals surface area contributed by atoms with Crippen molar-refractivity contribution in [3.63, 3.8) is 0 Å². The Bertz CT molecular complexity index is 679. The van der Waals surface area contributed by atoms with Crippen LogP contribution in [0.15, 0.2) is 35.4 Å². The highest BCUT2D eigenvalue weighted by molar-refractivity contribution is 5.40. The number of aromatic nitrogens is 3. The minimum Gasteiger partial charge on any atom is -0.481 e. The van der Waals surface area contributed by atoms with Crippen molar-refractivity contribution in [2.24, 2.45) is 0 Å². The quantitative estimate of drug-likeness (QED) is 0.905. The monoisotopic (exact) mass is 286 g/mol. The second kappa shape index (κ2) is 5.95. The van der Waals surface area contributed by atoms with Gasteiger partial charge in [0.1, 0.15) is 0 Å². The van der Waals surface area contributed by atoms with E-state index in [-0.39, 0.29) is 5.56 Å². The zero-order chi connectivity index (χ0) is 14.7. The molecule has 0 spiro atoms. The van der Waals surface area contributed by atoms with Crippen molar-refractivity contribution in [1.29, 1.82) is 0 Å². The van der Waals surface area contributed by atoms with E-state index < -0.39 is 0 Å². The molecule has 0 unspecified atom stereocenters. The molecule has 1 aliphatic rings. The number of anilines is 1. The van der Waals surface area contributed by atoms with Crippen LogP contribution in [0.5, 0.6) is 5.88 Å². The molecular formula is C15H18N4O2. The number of ether oxygens (including phenoxy) is 1. The van der Waals surface area contributed by atoms with Crippen molar-refractivity contribution in [2.45, 2.75) is 31.8 Å². The summed E-state index contributed by atoms with van der Waals surface area (Å²) < 4.78 is 6.60. The highest BCUT2D eigenvalue weighted by atomic mass is 16.5. The van der Waals surface area contributed by atoms with E-state index in [2.05, 4.69) is 15.4 Å². The van der Waals surface area contributed by atoms with E-state index in [9.17, 15) is 4.79 Å². The Morgan fingerprint density at radius 3 is 3.00 bits per heavy atom. The van der Waals surface area contributed by atoms with Crippen LogP contribution >= 0.6 is 0 Å². The van der Waals surface area contributed by atoms with Crippen LogP contribution in [0.4, 0.5) is 5.69 Å². The summed E-state index contributed by atoms with van der Waals surface area (Å²) in [7, 11) is 1.56. The smallest absolute Gasteiger partial charge is 0.269 e. The minimum atomic E-state index is -0.134. The van der Waals surface area contributed by atoms with E-state index >= 15 is 0 Å². The molecule has 0 amide bonds. The Kier molecular flexibility index (Phi) is 3.85. The Labute approximate surface area is 122 Å². The molecule has 3 rings (SSSR count). The van der Waals surface area contributed by atoms with Crippen LogP contribution in [0, 0.1) is 0 Å². The number of pyridine rings is 1. The lowest BCUT2D eigenvalue weighted by atomic mass is 9.93. The molecule has 6 heteroatoms. The molecule has 2 aromatic rings. The standard InChI is InChI=1S/C15H18N4O2/c1-21-15-11(4-3-7-16-15)10-19-14(20)8-13(9-17-19)18-12-5-2-6-12/h3-4,7-9,12,18H,2,5-6,10H2,1H3. The second-order valence-electron chi connectivity index (χ2n) is 5.18. The molecule has 0 aliphatic heterocycles. The number of hydrogen-bond acceptors (Lipinski definition) is 5. The molecular weight excluding hydrogens is 268 g/mol. The van der Waals surface area contributed by atoms with E-state index in [4.69, 9.17) is 4.74 Å². The fraction of sp³-hybridized carbons (Fsp3) is 0.400. The van der Waals surface area contributed by atoms with E-state index in [1.165, 1.54) is 11.1 Å². The fourth-order valence-electron chi connectivity index (χ4n) is 2.31. The number of nitrogens with one attached hydrogen (secondary N) is 1. The first kappa shape index (κ1) is 13.6. The van der Waals surface area contributed by atoms with Gasteiger partial charge in [-0.25, -0.2) is 9.67 Å². The van der Waals surface area contributed by atoms with Gasteiger partial charge in [-0.3, -0.25) is 4.79 Å². The molecule has 1 saturated carbocycles. The third-order valence-corrected chi connectivity index (χ3v) is 3.71. The van der Waals surface area contributed by atoms with Crippen molar-refractivity contribution >= 4 is 5.69 Å². The summed E-state index contributed by atoms with van der Waals surface area (Å²) in [5, 5.41) is 7.54. The summed E-state index contributed by atoms with van der Waals surface area (Å²) in [6.07, 6.45) is 6.93. The molecule has 1 N–H and O–H groups in total. The fourth-order valence-corrected chi connectivity index (χ4v) is 2.31. The maximum atomic E-state index is 12.1. The lowest BCUT2D eigenvalue weighted by molar-refractivity contribution is 0.389. The van der Waals surface area contributed by atoms with Crippen molar-refractivity contribution in [2.75, 3.05) is 12.4 Å². The summed E-state index contributed by atoms with van der Waals surface area (Å²) in [4.78, 5) is 16.3. The molecule has 110 valence electrons. The molecule has 0 aromatic carbocycles. The average Bonchev–Trinajstić information content (AvgIpc) is 2.46. The molecule has 0 radical (unpaired) electrons. The van der Waals surface area contributed by atoms with Gasteiger partial charge in [0.05, 0.1) is 25.5 Å². The van der Waals surface area contributed by atoms with Gasteiger partial charge in [0.25, 0.3) is 5.56 Å². The third-order valence-electron chi connectivity index (χ3n) is 3.71. The van der Waals surface area contributed by atoms with Crippen molar-refractivity contribution in [3.05, 3.63) is 46.5 Å². The van der Waals surface area contributed by atoms with Crippen molar-refractivity contribution in [1.82, 2.24) is 14.8 Å². The van der Waals surface area contributed by atoms with Crippen LogP contribution in [0.1, 0.15) is 24.8 Å². The van der Waals surface area contributed by atoms with Gasteiger partial charge >= 0.3 is 0 Å². The van der Waals surface area contributed by atoms with Gasteiger partial charge in [0.15, 0.2) is 0 Å². The molecule has 2 aromatic heterocycles. The van der Waals surface area contributed by atoms with E-state index in [0.717, 1.165) is 24.1 Å².